The number of carbonyl (C=O) groups is 1. The summed E-state index contributed by atoms with van der Waals surface area (Å²) < 4.78 is 13.1. The molecule has 8 nitrogen and oxygen atoms in total. The van der Waals surface area contributed by atoms with Gasteiger partial charge in [0.2, 0.25) is 5.78 Å². The zero-order chi connectivity index (χ0) is 16.8. The number of aromatic nitrogens is 4. The molecule has 0 saturated carbocycles. The van der Waals surface area contributed by atoms with Crippen LogP contribution in [0.15, 0.2) is 29.1 Å². The molecule has 0 bridgehead atoms. The van der Waals surface area contributed by atoms with E-state index in [0.717, 1.165) is 30.4 Å². The molecule has 0 N–H and O–H groups in total. The van der Waals surface area contributed by atoms with Gasteiger partial charge in [-0.15, -0.1) is 0 Å². The number of hydrogen-bond acceptors (Lipinski definition) is 6. The van der Waals surface area contributed by atoms with Crippen molar-refractivity contribution in [3.05, 3.63) is 47.7 Å². The Morgan fingerprint density at radius 1 is 1.32 bits per heavy atom. The Labute approximate surface area is 143 Å². The minimum absolute atomic E-state index is 0.107. The predicted molar refractivity (Wildman–Crippen MR) is 86.1 cm³/mol. The summed E-state index contributed by atoms with van der Waals surface area (Å²) in [7, 11) is 0. The van der Waals surface area contributed by atoms with Gasteiger partial charge in [-0.1, -0.05) is 0 Å². The first kappa shape index (κ1) is 14.6. The number of fused-ring (bicyclic) bond motifs is 2. The monoisotopic (exact) mass is 339 g/mol. The van der Waals surface area contributed by atoms with Crippen LogP contribution < -0.4 is 0 Å². The van der Waals surface area contributed by atoms with E-state index in [9.17, 15) is 4.79 Å². The quantitative estimate of drug-likeness (QED) is 0.702. The van der Waals surface area contributed by atoms with Crippen molar-refractivity contribution in [2.24, 2.45) is 0 Å². The van der Waals surface area contributed by atoms with E-state index in [1.807, 2.05) is 6.20 Å². The van der Waals surface area contributed by atoms with E-state index in [1.54, 1.807) is 27.8 Å². The van der Waals surface area contributed by atoms with E-state index < -0.39 is 0 Å². The van der Waals surface area contributed by atoms with Crippen molar-refractivity contribution in [2.45, 2.75) is 25.3 Å². The highest BCUT2D eigenvalue weighted by Crippen LogP contribution is 2.29. The molecule has 5 heterocycles. The van der Waals surface area contributed by atoms with E-state index in [-0.39, 0.29) is 11.8 Å². The van der Waals surface area contributed by atoms with Crippen LogP contribution in [0.3, 0.4) is 0 Å². The largest absolute Gasteiger partial charge is 0.445 e. The maximum absolute atomic E-state index is 12.8. The fourth-order valence-corrected chi connectivity index (χ4v) is 3.39. The second kappa shape index (κ2) is 5.66. The topological polar surface area (TPSA) is 85.8 Å². The summed E-state index contributed by atoms with van der Waals surface area (Å²) >= 11 is 0. The van der Waals surface area contributed by atoms with Crippen LogP contribution in [0.4, 0.5) is 0 Å². The molecule has 1 amide bonds. The molecule has 2 aliphatic rings. The van der Waals surface area contributed by atoms with Crippen LogP contribution in [0.5, 0.6) is 0 Å². The van der Waals surface area contributed by atoms with Crippen LogP contribution in [0.2, 0.25) is 0 Å². The Kier molecular flexibility index (Phi) is 3.30. The van der Waals surface area contributed by atoms with E-state index in [1.165, 1.54) is 0 Å². The maximum Gasteiger partial charge on any atom is 0.274 e. The molecule has 2 aliphatic heterocycles. The molecular formula is C17H17N5O3. The number of imidazole rings is 1. The number of oxazole rings is 1. The van der Waals surface area contributed by atoms with Crippen molar-refractivity contribution in [1.82, 2.24) is 24.3 Å². The third-order valence-corrected chi connectivity index (χ3v) is 4.76. The van der Waals surface area contributed by atoms with E-state index in [4.69, 9.17) is 9.15 Å². The molecule has 0 radical (unpaired) electrons. The average Bonchev–Trinajstić information content (AvgIpc) is 3.38. The van der Waals surface area contributed by atoms with Crippen molar-refractivity contribution in [1.29, 1.82) is 0 Å². The molecular weight excluding hydrogens is 322 g/mol. The standard InChI is InChI=1S/C17H17N5O3/c23-16(13-9-22-5-1-4-18-17(22)20-13)21-6-2-14-12(8-21)19-15(25-14)11-3-7-24-10-11/h1,4-5,9,11H,2-3,6-8,10H2. The molecule has 1 saturated heterocycles. The van der Waals surface area contributed by atoms with Crippen LogP contribution in [-0.4, -0.2) is 49.9 Å². The average molecular weight is 339 g/mol. The van der Waals surface area contributed by atoms with Gasteiger partial charge in [-0.05, 0) is 12.5 Å². The third-order valence-electron chi connectivity index (χ3n) is 4.76. The van der Waals surface area contributed by atoms with Gasteiger partial charge in [0.1, 0.15) is 17.1 Å². The van der Waals surface area contributed by atoms with Gasteiger partial charge < -0.3 is 14.1 Å². The van der Waals surface area contributed by atoms with Gasteiger partial charge >= 0.3 is 0 Å². The lowest BCUT2D eigenvalue weighted by Crippen LogP contribution is -2.36. The smallest absolute Gasteiger partial charge is 0.274 e. The Balaban J connectivity index is 1.38. The van der Waals surface area contributed by atoms with Gasteiger partial charge in [0.25, 0.3) is 5.91 Å². The van der Waals surface area contributed by atoms with Gasteiger partial charge in [-0.3, -0.25) is 9.20 Å². The molecule has 3 aromatic heterocycles. The first-order chi connectivity index (χ1) is 12.3. The van der Waals surface area contributed by atoms with Crippen LogP contribution in [0.25, 0.3) is 5.78 Å². The fourth-order valence-electron chi connectivity index (χ4n) is 3.39. The highest BCUT2D eigenvalue weighted by atomic mass is 16.5. The number of amides is 1. The highest BCUT2D eigenvalue weighted by molar-refractivity contribution is 5.92. The lowest BCUT2D eigenvalue weighted by molar-refractivity contribution is 0.0722. The summed E-state index contributed by atoms with van der Waals surface area (Å²) in [5, 5.41) is 0. The lowest BCUT2D eigenvalue weighted by Gasteiger charge is -2.24. The summed E-state index contributed by atoms with van der Waals surface area (Å²) in [6.07, 6.45) is 6.81. The van der Waals surface area contributed by atoms with Crippen molar-refractivity contribution in [3.8, 4) is 0 Å². The van der Waals surface area contributed by atoms with Crippen LogP contribution in [-0.2, 0) is 17.7 Å². The SMILES string of the molecule is O=C(c1cn2cccnc2n1)N1CCc2oc(C3CCOC3)nc2C1. The molecule has 3 aromatic rings. The number of ether oxygens (including phenoxy) is 1. The van der Waals surface area contributed by atoms with Gasteiger partial charge in [0.05, 0.1) is 19.1 Å². The highest BCUT2D eigenvalue weighted by Gasteiger charge is 2.30. The minimum Gasteiger partial charge on any atom is -0.445 e. The maximum atomic E-state index is 12.8. The molecule has 0 spiro atoms. The molecule has 25 heavy (non-hydrogen) atoms. The first-order valence-electron chi connectivity index (χ1n) is 8.43. The van der Waals surface area contributed by atoms with Crippen LogP contribution in [0, 0.1) is 0 Å². The van der Waals surface area contributed by atoms with E-state index in [0.29, 0.717) is 37.6 Å². The van der Waals surface area contributed by atoms with Crippen molar-refractivity contribution >= 4 is 11.7 Å². The minimum atomic E-state index is -0.107. The zero-order valence-corrected chi connectivity index (χ0v) is 13.6. The van der Waals surface area contributed by atoms with Gasteiger partial charge in [-0.2, -0.15) is 0 Å². The predicted octanol–water partition coefficient (Wildman–Crippen LogP) is 1.42. The number of nitrogens with zero attached hydrogens (tertiary/aromatic N) is 5. The Bertz CT molecular complexity index is 908. The summed E-state index contributed by atoms with van der Waals surface area (Å²) in [4.78, 5) is 27.6. The zero-order valence-electron chi connectivity index (χ0n) is 13.6. The molecule has 1 atom stereocenters. The fraction of sp³-hybridized carbons (Fsp3) is 0.412. The Hall–Kier alpha value is -2.74. The normalized spacial score (nSPS) is 20.2. The lowest BCUT2D eigenvalue weighted by atomic mass is 10.1. The van der Waals surface area contributed by atoms with Crippen molar-refractivity contribution < 1.29 is 13.9 Å². The summed E-state index contributed by atoms with van der Waals surface area (Å²) in [5.74, 6) is 2.29. The molecule has 8 heteroatoms. The molecule has 0 aromatic carbocycles. The van der Waals surface area contributed by atoms with E-state index >= 15 is 0 Å². The summed E-state index contributed by atoms with van der Waals surface area (Å²) in [6, 6.07) is 1.81. The molecule has 1 unspecified atom stereocenters. The Morgan fingerprint density at radius 3 is 3.12 bits per heavy atom. The third kappa shape index (κ3) is 2.49. The molecule has 0 aliphatic carbocycles. The van der Waals surface area contributed by atoms with Crippen molar-refractivity contribution in [2.75, 3.05) is 19.8 Å². The summed E-state index contributed by atoms with van der Waals surface area (Å²) in [6.45, 7) is 2.47. The second-order valence-electron chi connectivity index (χ2n) is 6.41. The van der Waals surface area contributed by atoms with Crippen LogP contribution in [0.1, 0.15) is 40.2 Å². The first-order valence-corrected chi connectivity index (χ1v) is 8.43. The van der Waals surface area contributed by atoms with Gasteiger partial charge in [0.15, 0.2) is 5.89 Å². The van der Waals surface area contributed by atoms with Crippen molar-refractivity contribution in [3.63, 3.8) is 0 Å². The van der Waals surface area contributed by atoms with Crippen LogP contribution >= 0.6 is 0 Å². The molecule has 1 fully saturated rings. The van der Waals surface area contributed by atoms with Gasteiger partial charge in [0, 0.05) is 38.2 Å². The van der Waals surface area contributed by atoms with Gasteiger partial charge in [-0.25, -0.2) is 15.0 Å². The second-order valence-corrected chi connectivity index (χ2v) is 6.41. The molecule has 128 valence electrons. The number of carbonyl (C=O) groups excluding carboxylic acids is 1. The number of hydrogen-bond donors (Lipinski definition) is 0. The number of rotatable bonds is 2. The summed E-state index contributed by atoms with van der Waals surface area (Å²) in [5.41, 5.74) is 1.25. The molecule has 5 rings (SSSR count). The Morgan fingerprint density at radius 2 is 2.28 bits per heavy atom. The van der Waals surface area contributed by atoms with E-state index in [2.05, 4.69) is 15.0 Å².